The van der Waals surface area contributed by atoms with Gasteiger partial charge < -0.3 is 14.1 Å². The summed E-state index contributed by atoms with van der Waals surface area (Å²) < 4.78 is 12.9. The van der Waals surface area contributed by atoms with Gasteiger partial charge in [0.05, 0.1) is 25.1 Å². The molecule has 130 valence electrons. The Bertz CT molecular complexity index is 680. The van der Waals surface area contributed by atoms with Gasteiger partial charge in [-0.15, -0.1) is 5.10 Å². The highest BCUT2D eigenvalue weighted by Gasteiger charge is 2.30. The van der Waals surface area contributed by atoms with E-state index in [1.807, 2.05) is 19.2 Å². The van der Waals surface area contributed by atoms with Crippen LogP contribution in [0.5, 0.6) is 0 Å². The summed E-state index contributed by atoms with van der Waals surface area (Å²) >= 11 is 0. The summed E-state index contributed by atoms with van der Waals surface area (Å²) in [5, 5.41) is 8.40. The first kappa shape index (κ1) is 16.7. The van der Waals surface area contributed by atoms with E-state index < -0.39 is 0 Å². The maximum atomic E-state index is 11.7. The Hall–Kier alpha value is -2.19. The van der Waals surface area contributed by atoms with Crippen molar-refractivity contribution in [3.05, 3.63) is 35.5 Å². The molecule has 1 amide bonds. The average molecular weight is 333 g/mol. The van der Waals surface area contributed by atoms with E-state index in [0.717, 1.165) is 36.8 Å². The lowest BCUT2D eigenvalue weighted by Crippen LogP contribution is -2.36. The number of carbonyl (C=O) groups is 1. The number of hydrogen-bond acceptors (Lipinski definition) is 6. The fourth-order valence-corrected chi connectivity index (χ4v) is 2.99. The zero-order valence-electron chi connectivity index (χ0n) is 14.3. The molecule has 1 atom stereocenters. The lowest BCUT2D eigenvalue weighted by atomic mass is 9.99. The molecule has 0 aromatic carbocycles. The van der Waals surface area contributed by atoms with Gasteiger partial charge in [0.1, 0.15) is 18.1 Å². The summed E-state index contributed by atoms with van der Waals surface area (Å²) in [7, 11) is 5.34. The van der Waals surface area contributed by atoms with E-state index >= 15 is 0 Å². The standard InChI is InChI=1S/C16H23N5O3/c1-19(2)15(22)11-23-10-12-7-21(8-13-5-4-6-24-13)9-14-16(12)20(3)18-17-14/h4-6,12H,7-11H2,1-3H3/t12-/m0/s1. The predicted octanol–water partition coefficient (Wildman–Crippen LogP) is 0.612. The van der Waals surface area contributed by atoms with Crippen LogP contribution in [0.15, 0.2) is 22.8 Å². The molecule has 0 bridgehead atoms. The number of nitrogens with zero attached hydrogens (tertiary/aromatic N) is 5. The third-order valence-electron chi connectivity index (χ3n) is 4.19. The number of furan rings is 1. The molecule has 2 aromatic rings. The first-order valence-electron chi connectivity index (χ1n) is 7.95. The van der Waals surface area contributed by atoms with Crippen molar-refractivity contribution >= 4 is 5.91 Å². The topological polar surface area (TPSA) is 76.6 Å². The third-order valence-corrected chi connectivity index (χ3v) is 4.19. The van der Waals surface area contributed by atoms with Crippen LogP contribution in [0.4, 0.5) is 0 Å². The van der Waals surface area contributed by atoms with Crippen LogP contribution in [-0.2, 0) is 29.7 Å². The highest BCUT2D eigenvalue weighted by atomic mass is 16.5. The smallest absolute Gasteiger partial charge is 0.248 e. The van der Waals surface area contributed by atoms with E-state index in [1.165, 1.54) is 4.90 Å². The fraction of sp³-hybridized carbons (Fsp3) is 0.562. The Kier molecular flexibility index (Phi) is 4.96. The Morgan fingerprint density at radius 1 is 1.50 bits per heavy atom. The Balaban J connectivity index is 1.66. The molecule has 0 radical (unpaired) electrons. The number of aryl methyl sites for hydroxylation is 1. The van der Waals surface area contributed by atoms with Crippen molar-refractivity contribution in [2.24, 2.45) is 7.05 Å². The molecule has 0 spiro atoms. The minimum atomic E-state index is -0.0402. The Morgan fingerprint density at radius 2 is 2.33 bits per heavy atom. The molecular formula is C16H23N5O3. The molecule has 1 aliphatic rings. The predicted molar refractivity (Wildman–Crippen MR) is 86.1 cm³/mol. The first-order valence-corrected chi connectivity index (χ1v) is 7.95. The van der Waals surface area contributed by atoms with Crippen molar-refractivity contribution in [1.82, 2.24) is 24.8 Å². The van der Waals surface area contributed by atoms with Crippen LogP contribution in [0.3, 0.4) is 0 Å². The van der Waals surface area contributed by atoms with Crippen LogP contribution in [0.2, 0.25) is 0 Å². The molecule has 0 saturated heterocycles. The van der Waals surface area contributed by atoms with Crippen molar-refractivity contribution in [1.29, 1.82) is 0 Å². The SMILES string of the molecule is CN(C)C(=O)COC[C@@H]1CN(Cc2ccco2)Cc2nnn(C)c21. The molecule has 0 aliphatic carbocycles. The van der Waals surface area contributed by atoms with Gasteiger partial charge in [-0.2, -0.15) is 0 Å². The van der Waals surface area contributed by atoms with Gasteiger partial charge in [-0.3, -0.25) is 14.4 Å². The van der Waals surface area contributed by atoms with E-state index in [-0.39, 0.29) is 18.4 Å². The van der Waals surface area contributed by atoms with Crippen LogP contribution >= 0.6 is 0 Å². The van der Waals surface area contributed by atoms with E-state index in [0.29, 0.717) is 6.61 Å². The molecule has 8 nitrogen and oxygen atoms in total. The molecule has 8 heteroatoms. The van der Waals surface area contributed by atoms with Crippen molar-refractivity contribution in [2.45, 2.75) is 19.0 Å². The summed E-state index contributed by atoms with van der Waals surface area (Å²) in [6.45, 7) is 2.81. The normalized spacial score (nSPS) is 17.7. The van der Waals surface area contributed by atoms with Crippen molar-refractivity contribution in [2.75, 3.05) is 33.9 Å². The Labute approximate surface area is 141 Å². The van der Waals surface area contributed by atoms with Crippen molar-refractivity contribution in [3.8, 4) is 0 Å². The maximum absolute atomic E-state index is 11.7. The second kappa shape index (κ2) is 7.14. The molecule has 0 fully saturated rings. The van der Waals surface area contributed by atoms with Crippen LogP contribution in [0, 0.1) is 0 Å². The quantitative estimate of drug-likeness (QED) is 0.771. The number of rotatable bonds is 6. The van der Waals surface area contributed by atoms with E-state index in [1.54, 1.807) is 25.0 Å². The van der Waals surface area contributed by atoms with Gasteiger partial charge in [0.15, 0.2) is 0 Å². The molecule has 3 rings (SSSR count). The van der Waals surface area contributed by atoms with Gasteiger partial charge in [0, 0.05) is 40.2 Å². The first-order chi connectivity index (χ1) is 11.5. The van der Waals surface area contributed by atoms with Crippen LogP contribution in [0.25, 0.3) is 0 Å². The minimum absolute atomic E-state index is 0.0402. The van der Waals surface area contributed by atoms with Gasteiger partial charge >= 0.3 is 0 Å². The lowest BCUT2D eigenvalue weighted by molar-refractivity contribution is -0.133. The van der Waals surface area contributed by atoms with Gasteiger partial charge in [0.2, 0.25) is 5.91 Å². The van der Waals surface area contributed by atoms with E-state index in [4.69, 9.17) is 9.15 Å². The molecule has 24 heavy (non-hydrogen) atoms. The van der Waals surface area contributed by atoms with Crippen LogP contribution in [0.1, 0.15) is 23.1 Å². The fourth-order valence-electron chi connectivity index (χ4n) is 2.99. The van der Waals surface area contributed by atoms with E-state index in [2.05, 4.69) is 15.2 Å². The number of carbonyl (C=O) groups excluding carboxylic acids is 1. The van der Waals surface area contributed by atoms with Gasteiger partial charge in [0.25, 0.3) is 0 Å². The zero-order valence-corrected chi connectivity index (χ0v) is 14.3. The second-order valence-corrected chi connectivity index (χ2v) is 6.29. The summed E-state index contributed by atoms with van der Waals surface area (Å²) in [5.74, 6) is 1.00. The van der Waals surface area contributed by atoms with E-state index in [9.17, 15) is 4.79 Å². The number of hydrogen-bond donors (Lipinski definition) is 0. The highest BCUT2D eigenvalue weighted by molar-refractivity contribution is 5.76. The number of aromatic nitrogens is 3. The molecule has 0 saturated carbocycles. The van der Waals surface area contributed by atoms with Gasteiger partial charge in [-0.05, 0) is 12.1 Å². The van der Waals surface area contributed by atoms with Crippen molar-refractivity contribution < 1.29 is 13.9 Å². The summed E-state index contributed by atoms with van der Waals surface area (Å²) in [4.78, 5) is 15.5. The summed E-state index contributed by atoms with van der Waals surface area (Å²) in [6, 6.07) is 3.86. The third kappa shape index (κ3) is 3.65. The highest BCUT2D eigenvalue weighted by Crippen LogP contribution is 2.27. The van der Waals surface area contributed by atoms with Crippen LogP contribution < -0.4 is 0 Å². The average Bonchev–Trinajstić information content (AvgIpc) is 3.17. The van der Waals surface area contributed by atoms with Crippen molar-refractivity contribution in [3.63, 3.8) is 0 Å². The maximum Gasteiger partial charge on any atom is 0.248 e. The summed E-state index contributed by atoms with van der Waals surface area (Å²) in [6.07, 6.45) is 1.68. The number of likely N-dealkylation sites (N-methyl/N-ethyl adjacent to an activating group) is 1. The second-order valence-electron chi connectivity index (χ2n) is 6.29. The molecule has 1 aliphatic heterocycles. The number of fused-ring (bicyclic) bond motifs is 1. The zero-order chi connectivity index (χ0) is 17.1. The molecule has 0 N–H and O–H groups in total. The van der Waals surface area contributed by atoms with Gasteiger partial charge in [-0.25, -0.2) is 0 Å². The Morgan fingerprint density at radius 3 is 3.04 bits per heavy atom. The number of ether oxygens (including phenoxy) is 1. The van der Waals surface area contributed by atoms with Gasteiger partial charge in [-0.1, -0.05) is 5.21 Å². The molecular weight excluding hydrogens is 310 g/mol. The monoisotopic (exact) mass is 333 g/mol. The largest absolute Gasteiger partial charge is 0.468 e. The molecule has 0 unspecified atom stereocenters. The number of amides is 1. The minimum Gasteiger partial charge on any atom is -0.468 e. The molecule has 3 heterocycles. The summed E-state index contributed by atoms with van der Waals surface area (Å²) in [5.41, 5.74) is 2.05. The molecule has 2 aromatic heterocycles. The lowest BCUT2D eigenvalue weighted by Gasteiger charge is -2.31. The van der Waals surface area contributed by atoms with Crippen LogP contribution in [-0.4, -0.2) is 64.6 Å².